The average molecular weight is 339 g/mol. The third-order valence-electron chi connectivity index (χ3n) is 5.70. The molecule has 1 atom stereocenters. The van der Waals surface area contributed by atoms with E-state index in [4.69, 9.17) is 6.42 Å². The van der Waals surface area contributed by atoms with Crippen molar-refractivity contribution in [3.8, 4) is 12.3 Å². The highest BCUT2D eigenvalue weighted by molar-refractivity contribution is 5.82. The summed E-state index contributed by atoms with van der Waals surface area (Å²) in [5.74, 6) is 2.99. The van der Waals surface area contributed by atoms with E-state index in [-0.39, 0.29) is 11.9 Å². The third kappa shape index (κ3) is 3.82. The van der Waals surface area contributed by atoms with E-state index in [2.05, 4.69) is 47.8 Å². The van der Waals surface area contributed by atoms with E-state index in [0.717, 1.165) is 52.0 Å². The zero-order chi connectivity index (χ0) is 17.8. The second-order valence-electron chi connectivity index (χ2n) is 7.22. The first kappa shape index (κ1) is 17.8. The van der Waals surface area contributed by atoms with Gasteiger partial charge >= 0.3 is 0 Å². The van der Waals surface area contributed by atoms with E-state index in [9.17, 15) is 4.79 Å². The fourth-order valence-electron chi connectivity index (χ4n) is 4.03. The van der Waals surface area contributed by atoms with Gasteiger partial charge in [-0.1, -0.05) is 24.5 Å². The monoisotopic (exact) mass is 339 g/mol. The Hall–Kier alpha value is -1.99. The fraction of sp³-hybridized carbons (Fsp3) is 0.571. The highest BCUT2D eigenvalue weighted by Crippen LogP contribution is 2.25. The second-order valence-corrected chi connectivity index (χ2v) is 7.22. The number of aryl methyl sites for hydroxylation is 1. The lowest BCUT2D eigenvalue weighted by molar-refractivity contribution is -0.138. The van der Waals surface area contributed by atoms with Crippen molar-refractivity contribution in [3.05, 3.63) is 29.3 Å². The molecular weight excluding hydrogens is 310 g/mol. The number of piperidine rings is 1. The Morgan fingerprint density at radius 1 is 1.16 bits per heavy atom. The zero-order valence-corrected chi connectivity index (χ0v) is 15.5. The molecule has 0 unspecified atom stereocenters. The van der Waals surface area contributed by atoms with Gasteiger partial charge in [0.1, 0.15) is 0 Å². The van der Waals surface area contributed by atoms with Crippen molar-refractivity contribution in [3.63, 3.8) is 0 Å². The van der Waals surface area contributed by atoms with Crippen LogP contribution in [0.2, 0.25) is 0 Å². The molecule has 0 saturated carbocycles. The average Bonchev–Trinajstić information content (AvgIpc) is 2.64. The van der Waals surface area contributed by atoms with Gasteiger partial charge in [-0.25, -0.2) is 0 Å². The molecule has 2 aliphatic heterocycles. The molecule has 2 fully saturated rings. The normalized spacial score (nSPS) is 21.9. The van der Waals surface area contributed by atoms with Gasteiger partial charge in [0.05, 0.1) is 12.6 Å². The summed E-state index contributed by atoms with van der Waals surface area (Å²) in [4.78, 5) is 19.6. The molecule has 1 amide bonds. The number of likely N-dealkylation sites (tertiary alicyclic amines) is 1. The number of amides is 1. The van der Waals surface area contributed by atoms with Crippen LogP contribution >= 0.6 is 0 Å². The van der Waals surface area contributed by atoms with Crippen molar-refractivity contribution in [2.45, 2.75) is 39.2 Å². The van der Waals surface area contributed by atoms with Crippen molar-refractivity contribution in [2.24, 2.45) is 0 Å². The molecular formula is C21H29N3O. The van der Waals surface area contributed by atoms with E-state index in [1.807, 2.05) is 4.90 Å². The smallest absolute Gasteiger partial charge is 0.240 e. The Morgan fingerprint density at radius 3 is 2.64 bits per heavy atom. The first-order valence-corrected chi connectivity index (χ1v) is 9.39. The summed E-state index contributed by atoms with van der Waals surface area (Å²) >= 11 is 0. The van der Waals surface area contributed by atoms with Crippen molar-refractivity contribution in [1.29, 1.82) is 0 Å². The van der Waals surface area contributed by atoms with Gasteiger partial charge in [-0.2, -0.15) is 0 Å². The maximum atomic E-state index is 13.0. The van der Waals surface area contributed by atoms with E-state index < -0.39 is 0 Å². The van der Waals surface area contributed by atoms with E-state index in [1.54, 1.807) is 0 Å². The van der Waals surface area contributed by atoms with Gasteiger partial charge in [0.2, 0.25) is 5.91 Å². The lowest BCUT2D eigenvalue weighted by atomic mass is 10.0. The zero-order valence-electron chi connectivity index (χ0n) is 15.5. The number of carbonyl (C=O) groups is 1. The van der Waals surface area contributed by atoms with Crippen LogP contribution in [0.1, 0.15) is 30.4 Å². The summed E-state index contributed by atoms with van der Waals surface area (Å²) in [5, 5.41) is 0. The molecule has 3 rings (SSSR count). The van der Waals surface area contributed by atoms with Gasteiger partial charge in [-0.3, -0.25) is 9.69 Å². The Labute approximate surface area is 151 Å². The van der Waals surface area contributed by atoms with E-state index >= 15 is 0 Å². The summed E-state index contributed by atoms with van der Waals surface area (Å²) < 4.78 is 0. The highest BCUT2D eigenvalue weighted by atomic mass is 16.2. The molecule has 4 heteroatoms. The van der Waals surface area contributed by atoms with Crippen molar-refractivity contribution >= 4 is 11.6 Å². The first-order chi connectivity index (χ1) is 12.1. The van der Waals surface area contributed by atoms with Crippen molar-refractivity contribution in [2.75, 3.05) is 44.2 Å². The Kier molecular flexibility index (Phi) is 5.65. The molecule has 2 heterocycles. The number of hydrogen-bond donors (Lipinski definition) is 0. The molecule has 134 valence electrons. The standard InChI is InChI=1S/C21H29N3O/c1-4-11-22-12-6-5-9-20(22)21(25)24-15-13-23(14-16-24)19-10-7-8-17(2)18(19)3/h1,7-8,10,20H,5-6,9,11-16H2,2-3H3/t20-/m0/s1. The van der Waals surface area contributed by atoms with Crippen molar-refractivity contribution < 1.29 is 4.79 Å². The summed E-state index contributed by atoms with van der Waals surface area (Å²) in [5.41, 5.74) is 3.97. The van der Waals surface area contributed by atoms with Crippen LogP contribution in [0.15, 0.2) is 18.2 Å². The maximum Gasteiger partial charge on any atom is 0.240 e. The quantitative estimate of drug-likeness (QED) is 0.792. The number of carbonyl (C=O) groups excluding carboxylic acids is 1. The molecule has 2 aliphatic rings. The molecule has 2 saturated heterocycles. The van der Waals surface area contributed by atoms with Crippen LogP contribution in [0.3, 0.4) is 0 Å². The van der Waals surface area contributed by atoms with Crippen LogP contribution < -0.4 is 4.90 Å². The molecule has 0 spiro atoms. The van der Waals surface area contributed by atoms with Crippen LogP contribution in [-0.2, 0) is 4.79 Å². The molecule has 1 aromatic rings. The fourth-order valence-corrected chi connectivity index (χ4v) is 4.03. The lowest BCUT2D eigenvalue weighted by Crippen LogP contribution is -2.56. The van der Waals surface area contributed by atoms with Crippen LogP contribution in [0.4, 0.5) is 5.69 Å². The van der Waals surface area contributed by atoms with Gasteiger partial charge in [0, 0.05) is 31.9 Å². The summed E-state index contributed by atoms with van der Waals surface area (Å²) in [6.07, 6.45) is 8.70. The summed E-state index contributed by atoms with van der Waals surface area (Å²) in [6.45, 7) is 9.26. The molecule has 4 nitrogen and oxygen atoms in total. The van der Waals surface area contributed by atoms with Gasteiger partial charge in [-0.05, 0) is 50.4 Å². The minimum absolute atomic E-state index is 0.0166. The van der Waals surface area contributed by atoms with E-state index in [1.165, 1.54) is 16.8 Å². The molecule has 0 aromatic heterocycles. The number of rotatable bonds is 3. The Morgan fingerprint density at radius 2 is 1.92 bits per heavy atom. The van der Waals surface area contributed by atoms with Crippen LogP contribution in [0.25, 0.3) is 0 Å². The Bertz CT molecular complexity index is 656. The number of piperazine rings is 1. The van der Waals surface area contributed by atoms with E-state index in [0.29, 0.717) is 6.54 Å². The lowest BCUT2D eigenvalue weighted by Gasteiger charge is -2.41. The molecule has 0 radical (unpaired) electrons. The number of terminal acetylenes is 1. The third-order valence-corrected chi connectivity index (χ3v) is 5.70. The van der Waals surface area contributed by atoms with Crippen LogP contribution in [0, 0.1) is 26.2 Å². The second kappa shape index (κ2) is 7.93. The summed E-state index contributed by atoms with van der Waals surface area (Å²) in [6, 6.07) is 6.45. The topological polar surface area (TPSA) is 26.8 Å². The number of nitrogens with zero attached hydrogens (tertiary/aromatic N) is 3. The molecule has 1 aromatic carbocycles. The molecule has 25 heavy (non-hydrogen) atoms. The largest absolute Gasteiger partial charge is 0.368 e. The minimum atomic E-state index is -0.0166. The SMILES string of the molecule is C#CCN1CCCC[C@H]1C(=O)N1CCN(c2cccc(C)c2C)CC1. The van der Waals surface area contributed by atoms with Gasteiger partial charge in [0.25, 0.3) is 0 Å². The number of hydrogen-bond acceptors (Lipinski definition) is 3. The number of anilines is 1. The predicted molar refractivity (Wildman–Crippen MR) is 103 cm³/mol. The molecule has 0 bridgehead atoms. The first-order valence-electron chi connectivity index (χ1n) is 9.39. The van der Waals surface area contributed by atoms with Crippen LogP contribution in [-0.4, -0.2) is 61.0 Å². The van der Waals surface area contributed by atoms with Gasteiger partial charge in [0.15, 0.2) is 0 Å². The van der Waals surface area contributed by atoms with Gasteiger partial charge in [-0.15, -0.1) is 6.42 Å². The molecule has 0 N–H and O–H groups in total. The van der Waals surface area contributed by atoms with Crippen molar-refractivity contribution in [1.82, 2.24) is 9.80 Å². The summed E-state index contributed by atoms with van der Waals surface area (Å²) in [7, 11) is 0. The predicted octanol–water partition coefficient (Wildman–Crippen LogP) is 2.44. The number of benzene rings is 1. The minimum Gasteiger partial charge on any atom is -0.368 e. The Balaban J connectivity index is 1.62. The molecule has 0 aliphatic carbocycles. The highest BCUT2D eigenvalue weighted by Gasteiger charge is 2.33. The van der Waals surface area contributed by atoms with Crippen LogP contribution in [0.5, 0.6) is 0 Å². The van der Waals surface area contributed by atoms with Gasteiger partial charge < -0.3 is 9.80 Å². The maximum absolute atomic E-state index is 13.0.